The number of aromatic nitrogens is 3. The monoisotopic (exact) mass is 400 g/mol. The van der Waals surface area contributed by atoms with Crippen LogP contribution < -0.4 is 16.0 Å². The van der Waals surface area contributed by atoms with E-state index in [1.165, 1.54) is 18.5 Å². The van der Waals surface area contributed by atoms with E-state index in [4.69, 9.17) is 11.6 Å². The summed E-state index contributed by atoms with van der Waals surface area (Å²) in [5.74, 6) is 0.402. The predicted molar refractivity (Wildman–Crippen MR) is 104 cm³/mol. The van der Waals surface area contributed by atoms with Gasteiger partial charge >= 0.3 is 6.03 Å². The van der Waals surface area contributed by atoms with E-state index in [0.717, 1.165) is 0 Å². The molecule has 0 saturated heterocycles. The summed E-state index contributed by atoms with van der Waals surface area (Å²) in [7, 11) is 0. The standard InChI is InChI=1S/C18H17ClN6O3/c19-12-4-5-15(22-9-12)25-17(27)11-2-1-3-13(8-11)23-18(28)24-14(10-26)16-20-6-7-21-16/h1-9,14,26H,10H2,(H,20,21)(H,22,25,27)(H2,23,24,28)/t14-/m0/s1. The van der Waals surface area contributed by atoms with Crippen LogP contribution in [0.1, 0.15) is 22.2 Å². The first-order chi connectivity index (χ1) is 13.5. The third-order valence-corrected chi connectivity index (χ3v) is 3.91. The van der Waals surface area contributed by atoms with Crippen LogP contribution in [0.2, 0.25) is 5.02 Å². The number of imidazole rings is 1. The fraction of sp³-hybridized carbons (Fsp3) is 0.111. The lowest BCUT2D eigenvalue weighted by Crippen LogP contribution is -2.35. The van der Waals surface area contributed by atoms with E-state index >= 15 is 0 Å². The van der Waals surface area contributed by atoms with Crippen LogP contribution in [0.25, 0.3) is 0 Å². The van der Waals surface area contributed by atoms with E-state index in [-0.39, 0.29) is 12.5 Å². The number of rotatable bonds is 6. The summed E-state index contributed by atoms with van der Waals surface area (Å²) in [4.78, 5) is 35.4. The lowest BCUT2D eigenvalue weighted by atomic mass is 10.2. The van der Waals surface area contributed by atoms with E-state index in [9.17, 15) is 14.7 Å². The largest absolute Gasteiger partial charge is 0.394 e. The number of carbonyl (C=O) groups is 2. The van der Waals surface area contributed by atoms with Gasteiger partial charge in [-0.25, -0.2) is 14.8 Å². The molecule has 0 aliphatic heterocycles. The minimum Gasteiger partial charge on any atom is -0.394 e. The van der Waals surface area contributed by atoms with E-state index < -0.39 is 12.1 Å². The number of carbonyl (C=O) groups excluding carboxylic acids is 2. The molecule has 0 fully saturated rings. The van der Waals surface area contributed by atoms with Crippen molar-refractivity contribution in [1.82, 2.24) is 20.3 Å². The van der Waals surface area contributed by atoms with Gasteiger partial charge in [-0.1, -0.05) is 17.7 Å². The molecule has 0 unspecified atom stereocenters. The molecule has 9 nitrogen and oxygen atoms in total. The minimum absolute atomic E-state index is 0.322. The Morgan fingerprint density at radius 3 is 2.71 bits per heavy atom. The molecule has 144 valence electrons. The van der Waals surface area contributed by atoms with Crippen molar-refractivity contribution in [3.8, 4) is 0 Å². The molecule has 28 heavy (non-hydrogen) atoms. The van der Waals surface area contributed by atoms with Gasteiger partial charge in [-0.3, -0.25) is 4.79 Å². The second kappa shape index (κ2) is 8.98. The zero-order valence-corrected chi connectivity index (χ0v) is 15.3. The van der Waals surface area contributed by atoms with Gasteiger partial charge in [0.25, 0.3) is 5.91 Å². The Balaban J connectivity index is 1.63. The summed E-state index contributed by atoms with van der Waals surface area (Å²) < 4.78 is 0. The second-order valence-corrected chi connectivity index (χ2v) is 6.14. The van der Waals surface area contributed by atoms with Gasteiger partial charge in [-0.15, -0.1) is 0 Å². The summed E-state index contributed by atoms with van der Waals surface area (Å²) >= 11 is 5.77. The number of aliphatic hydroxyl groups excluding tert-OH is 1. The van der Waals surface area contributed by atoms with E-state index in [0.29, 0.717) is 27.9 Å². The first-order valence-corrected chi connectivity index (χ1v) is 8.63. The third kappa shape index (κ3) is 5.06. The summed E-state index contributed by atoms with van der Waals surface area (Å²) in [6, 6.07) is 8.36. The zero-order chi connectivity index (χ0) is 19.9. The van der Waals surface area contributed by atoms with Crippen LogP contribution in [0.4, 0.5) is 16.3 Å². The quantitative estimate of drug-likeness (QED) is 0.434. The highest BCUT2D eigenvalue weighted by Crippen LogP contribution is 2.15. The number of aromatic amines is 1. The molecule has 2 aromatic heterocycles. The van der Waals surface area contributed by atoms with E-state index in [2.05, 4.69) is 30.9 Å². The number of pyridine rings is 1. The molecule has 0 aliphatic carbocycles. The normalized spacial score (nSPS) is 11.5. The Kier molecular flexibility index (Phi) is 6.20. The Bertz CT molecular complexity index is 946. The van der Waals surface area contributed by atoms with Gasteiger partial charge in [0.1, 0.15) is 17.7 Å². The van der Waals surface area contributed by atoms with Crippen LogP contribution in [-0.4, -0.2) is 38.6 Å². The van der Waals surface area contributed by atoms with E-state index in [1.807, 2.05) is 0 Å². The average Bonchev–Trinajstić information content (AvgIpc) is 3.22. The van der Waals surface area contributed by atoms with Crippen LogP contribution in [0.5, 0.6) is 0 Å². The summed E-state index contributed by atoms with van der Waals surface area (Å²) in [5.41, 5.74) is 0.740. The molecule has 3 rings (SSSR count). The van der Waals surface area contributed by atoms with Crippen molar-refractivity contribution >= 4 is 35.0 Å². The average molecular weight is 401 g/mol. The highest BCUT2D eigenvalue weighted by molar-refractivity contribution is 6.30. The number of hydrogen-bond donors (Lipinski definition) is 5. The lowest BCUT2D eigenvalue weighted by molar-refractivity contribution is 0.102. The van der Waals surface area contributed by atoms with Crippen molar-refractivity contribution in [1.29, 1.82) is 0 Å². The lowest BCUT2D eigenvalue weighted by Gasteiger charge is -2.15. The second-order valence-electron chi connectivity index (χ2n) is 5.70. The third-order valence-electron chi connectivity index (χ3n) is 3.69. The summed E-state index contributed by atoms with van der Waals surface area (Å²) in [5, 5.41) is 17.7. The number of nitrogens with one attached hydrogen (secondary N) is 4. The topological polar surface area (TPSA) is 132 Å². The highest BCUT2D eigenvalue weighted by atomic mass is 35.5. The molecule has 3 aromatic rings. The number of urea groups is 1. The maximum Gasteiger partial charge on any atom is 0.319 e. The number of anilines is 2. The number of benzene rings is 1. The Morgan fingerprint density at radius 2 is 2.04 bits per heavy atom. The van der Waals surface area contributed by atoms with Crippen LogP contribution >= 0.6 is 11.6 Å². The van der Waals surface area contributed by atoms with Gasteiger partial charge < -0.3 is 26.0 Å². The minimum atomic E-state index is -0.683. The van der Waals surface area contributed by atoms with Gasteiger partial charge in [-0.2, -0.15) is 0 Å². The molecule has 5 N–H and O–H groups in total. The maximum atomic E-state index is 12.4. The predicted octanol–water partition coefficient (Wildman–Crippen LogP) is 2.57. The van der Waals surface area contributed by atoms with Crippen molar-refractivity contribution in [2.45, 2.75) is 6.04 Å². The highest BCUT2D eigenvalue weighted by Gasteiger charge is 2.16. The number of nitrogens with zero attached hydrogens (tertiary/aromatic N) is 2. The summed E-state index contributed by atoms with van der Waals surface area (Å²) in [6.45, 7) is -0.322. The Labute approximate surface area is 165 Å². The molecular weight excluding hydrogens is 384 g/mol. The Hall–Kier alpha value is -3.43. The van der Waals surface area contributed by atoms with Gasteiger partial charge in [0, 0.05) is 29.8 Å². The van der Waals surface area contributed by atoms with Crippen molar-refractivity contribution in [3.63, 3.8) is 0 Å². The van der Waals surface area contributed by atoms with Gasteiger partial charge in [-0.05, 0) is 30.3 Å². The molecular formula is C18H17ClN6O3. The molecule has 0 bridgehead atoms. The molecule has 2 heterocycles. The van der Waals surface area contributed by atoms with Crippen LogP contribution in [0.3, 0.4) is 0 Å². The van der Waals surface area contributed by atoms with Gasteiger partial charge in [0.05, 0.1) is 11.6 Å². The number of aliphatic hydroxyl groups is 1. The zero-order valence-electron chi connectivity index (χ0n) is 14.5. The van der Waals surface area contributed by atoms with Crippen LogP contribution in [0.15, 0.2) is 55.0 Å². The molecule has 1 atom stereocenters. The fourth-order valence-electron chi connectivity index (χ4n) is 2.37. The van der Waals surface area contributed by atoms with Gasteiger partial charge in [0.15, 0.2) is 0 Å². The number of hydrogen-bond acceptors (Lipinski definition) is 5. The van der Waals surface area contributed by atoms with Crippen molar-refractivity contribution in [3.05, 3.63) is 71.4 Å². The maximum absolute atomic E-state index is 12.4. The smallest absolute Gasteiger partial charge is 0.319 e. The van der Waals surface area contributed by atoms with Gasteiger partial charge in [0.2, 0.25) is 0 Å². The molecule has 3 amide bonds. The fourth-order valence-corrected chi connectivity index (χ4v) is 2.48. The summed E-state index contributed by atoms with van der Waals surface area (Å²) in [6.07, 6.45) is 4.54. The number of H-pyrrole nitrogens is 1. The molecule has 0 spiro atoms. The molecule has 0 radical (unpaired) electrons. The number of halogens is 1. The van der Waals surface area contributed by atoms with Crippen molar-refractivity contribution < 1.29 is 14.7 Å². The van der Waals surface area contributed by atoms with Crippen molar-refractivity contribution in [2.24, 2.45) is 0 Å². The van der Waals surface area contributed by atoms with E-state index in [1.54, 1.807) is 36.5 Å². The molecule has 1 aromatic carbocycles. The van der Waals surface area contributed by atoms with Crippen molar-refractivity contribution in [2.75, 3.05) is 17.2 Å². The molecule has 0 aliphatic rings. The molecule has 0 saturated carbocycles. The first kappa shape index (κ1) is 19.3. The first-order valence-electron chi connectivity index (χ1n) is 8.26. The molecule has 10 heteroatoms. The Morgan fingerprint density at radius 1 is 1.18 bits per heavy atom. The number of amides is 3. The van der Waals surface area contributed by atoms with Crippen LogP contribution in [-0.2, 0) is 0 Å². The van der Waals surface area contributed by atoms with Crippen LogP contribution in [0, 0.1) is 0 Å². The SMILES string of the molecule is O=C(Nc1cccc(C(=O)Nc2ccc(Cl)cn2)c1)N[C@@H](CO)c1ncc[nH]1.